The smallest absolute Gasteiger partial charge is 0.262 e. The largest absolute Gasteiger partial charge is 0.287 e. The molecule has 4 aromatic heterocycles. The number of thiophene rings is 1. The van der Waals surface area contributed by atoms with E-state index < -0.39 is 0 Å². The van der Waals surface area contributed by atoms with Crippen LogP contribution >= 0.6 is 23.1 Å². The van der Waals surface area contributed by atoms with Crippen LogP contribution in [-0.2, 0) is 25.1 Å². The summed E-state index contributed by atoms with van der Waals surface area (Å²) < 4.78 is 3.31. The molecule has 4 heterocycles. The highest BCUT2D eigenvalue weighted by atomic mass is 32.2. The molecule has 6 nitrogen and oxygen atoms in total. The van der Waals surface area contributed by atoms with Crippen molar-refractivity contribution >= 4 is 39.0 Å². The van der Waals surface area contributed by atoms with Gasteiger partial charge in [-0.05, 0) is 49.1 Å². The van der Waals surface area contributed by atoms with E-state index >= 15 is 0 Å². The van der Waals surface area contributed by atoms with Crippen LogP contribution in [-0.4, -0.2) is 18.9 Å². The molecule has 0 unspecified atom stereocenters. The number of hydrogen-bond acceptors (Lipinski definition) is 6. The number of hydrogen-bond donors (Lipinski definition) is 0. The zero-order chi connectivity index (χ0) is 23.7. The summed E-state index contributed by atoms with van der Waals surface area (Å²) in [7, 11) is 0. The second-order valence-corrected chi connectivity index (χ2v) is 10.2. The Morgan fingerprint density at radius 3 is 2.65 bits per heavy atom. The van der Waals surface area contributed by atoms with E-state index in [9.17, 15) is 9.59 Å². The van der Waals surface area contributed by atoms with Crippen LogP contribution in [0.25, 0.3) is 15.9 Å². The van der Waals surface area contributed by atoms with E-state index in [0.29, 0.717) is 34.2 Å². The molecule has 5 aromatic rings. The predicted molar refractivity (Wildman–Crippen MR) is 139 cm³/mol. The molecule has 8 heteroatoms. The van der Waals surface area contributed by atoms with Gasteiger partial charge in [-0.1, -0.05) is 49.0 Å². The quantitative estimate of drug-likeness (QED) is 0.241. The van der Waals surface area contributed by atoms with Gasteiger partial charge in [-0.15, -0.1) is 11.3 Å². The Morgan fingerprint density at radius 1 is 1.03 bits per heavy atom. The van der Waals surface area contributed by atoms with E-state index in [-0.39, 0.29) is 11.1 Å². The molecule has 5 rings (SSSR count). The van der Waals surface area contributed by atoms with Gasteiger partial charge in [-0.3, -0.25) is 18.6 Å². The average Bonchev–Trinajstić information content (AvgIpc) is 3.26. The first-order chi connectivity index (χ1) is 16.5. The molecule has 0 fully saturated rings. The Labute approximate surface area is 205 Å². The molecule has 0 aliphatic rings. The first-order valence-electron chi connectivity index (χ1n) is 11.2. The zero-order valence-electron chi connectivity index (χ0n) is 19.0. The Morgan fingerprint density at radius 2 is 1.85 bits per heavy atom. The highest BCUT2D eigenvalue weighted by molar-refractivity contribution is 7.98. The third kappa shape index (κ3) is 4.56. The summed E-state index contributed by atoms with van der Waals surface area (Å²) in [5, 5.41) is 1.33. The van der Waals surface area contributed by atoms with Crippen molar-refractivity contribution in [1.82, 2.24) is 18.9 Å². The molecule has 1 aromatic carbocycles. The van der Waals surface area contributed by atoms with E-state index in [1.165, 1.54) is 17.3 Å². The second-order valence-electron chi connectivity index (χ2n) is 8.18. The molecule has 0 amide bonds. The summed E-state index contributed by atoms with van der Waals surface area (Å²) in [6.45, 7) is 4.60. The first-order valence-corrected chi connectivity index (χ1v) is 13.0. The van der Waals surface area contributed by atoms with E-state index in [1.807, 2.05) is 43.3 Å². The third-order valence-corrected chi connectivity index (χ3v) is 7.89. The molecule has 172 valence electrons. The molecule has 0 aliphatic carbocycles. The van der Waals surface area contributed by atoms with Crippen molar-refractivity contribution in [3.63, 3.8) is 0 Å². The van der Waals surface area contributed by atoms with Crippen molar-refractivity contribution in [1.29, 1.82) is 0 Å². The van der Waals surface area contributed by atoms with Gasteiger partial charge >= 0.3 is 0 Å². The van der Waals surface area contributed by atoms with Crippen LogP contribution < -0.4 is 11.1 Å². The molecule has 0 saturated heterocycles. The fraction of sp³-hybridized carbons (Fsp3) is 0.231. The van der Waals surface area contributed by atoms with Gasteiger partial charge in [-0.25, -0.2) is 9.97 Å². The topological polar surface area (TPSA) is 69.3 Å². The van der Waals surface area contributed by atoms with Gasteiger partial charge in [-0.2, -0.15) is 0 Å². The molecule has 0 bridgehead atoms. The third-order valence-electron chi connectivity index (χ3n) is 5.71. The van der Waals surface area contributed by atoms with Gasteiger partial charge in [0.1, 0.15) is 10.5 Å². The minimum atomic E-state index is -0.115. The molecule has 0 atom stereocenters. The second kappa shape index (κ2) is 9.56. The van der Waals surface area contributed by atoms with Crippen LogP contribution in [0.1, 0.15) is 28.6 Å². The summed E-state index contributed by atoms with van der Waals surface area (Å²) in [5.74, 6) is 0.453. The Balaban J connectivity index is 1.50. The van der Waals surface area contributed by atoms with Gasteiger partial charge in [0.15, 0.2) is 5.16 Å². The summed E-state index contributed by atoms with van der Waals surface area (Å²) in [5.41, 5.74) is 3.38. The highest BCUT2D eigenvalue weighted by Gasteiger charge is 2.15. The van der Waals surface area contributed by atoms with Crippen LogP contribution in [0.4, 0.5) is 0 Å². The standard InChI is InChI=1S/C26H24N4O2S2/c1-3-20-15-21-24(34-20)28-26(30(25(21)32)12-10-18-7-5-4-6-8-18)33-16-19-14-23(31)29-11-9-17(2)13-22(29)27-19/h4-9,11,13-15H,3,10,12,16H2,1-2H3. The molecule has 34 heavy (non-hydrogen) atoms. The Hall–Kier alpha value is -3.23. The maximum absolute atomic E-state index is 13.4. The number of thioether (sulfide) groups is 1. The van der Waals surface area contributed by atoms with Gasteiger partial charge in [0.2, 0.25) is 0 Å². The lowest BCUT2D eigenvalue weighted by molar-refractivity contribution is 0.596. The van der Waals surface area contributed by atoms with Crippen molar-refractivity contribution in [3.8, 4) is 0 Å². The molecular weight excluding hydrogens is 464 g/mol. The predicted octanol–water partition coefficient (Wildman–Crippen LogP) is 4.87. The number of rotatable bonds is 7. The number of fused-ring (bicyclic) bond motifs is 2. The van der Waals surface area contributed by atoms with Crippen molar-refractivity contribution in [2.75, 3.05) is 0 Å². The van der Waals surface area contributed by atoms with Crippen LogP contribution in [0.5, 0.6) is 0 Å². The fourth-order valence-electron chi connectivity index (χ4n) is 3.88. The van der Waals surface area contributed by atoms with Gasteiger partial charge in [0.25, 0.3) is 11.1 Å². The maximum Gasteiger partial charge on any atom is 0.262 e. The lowest BCUT2D eigenvalue weighted by atomic mass is 10.1. The van der Waals surface area contributed by atoms with Gasteiger partial charge in [0.05, 0.1) is 11.1 Å². The lowest BCUT2D eigenvalue weighted by Gasteiger charge is -2.12. The van der Waals surface area contributed by atoms with Crippen LogP contribution in [0.3, 0.4) is 0 Å². The lowest BCUT2D eigenvalue weighted by Crippen LogP contribution is -2.24. The highest BCUT2D eigenvalue weighted by Crippen LogP contribution is 2.26. The summed E-state index contributed by atoms with van der Waals surface area (Å²) in [4.78, 5) is 37.4. The Bertz CT molecular complexity index is 1600. The van der Waals surface area contributed by atoms with Gasteiger partial charge in [0, 0.05) is 29.4 Å². The van der Waals surface area contributed by atoms with E-state index in [0.717, 1.165) is 28.1 Å². The van der Waals surface area contributed by atoms with Crippen molar-refractivity contribution in [3.05, 3.63) is 103 Å². The monoisotopic (exact) mass is 488 g/mol. The minimum Gasteiger partial charge on any atom is -0.287 e. The van der Waals surface area contributed by atoms with E-state index in [1.54, 1.807) is 32.6 Å². The molecule has 0 radical (unpaired) electrons. The van der Waals surface area contributed by atoms with Crippen molar-refractivity contribution in [2.45, 2.75) is 44.1 Å². The number of aromatic nitrogens is 4. The maximum atomic E-state index is 13.4. The normalized spacial score (nSPS) is 11.5. The van der Waals surface area contributed by atoms with Crippen LogP contribution in [0.15, 0.2) is 75.5 Å². The number of benzene rings is 1. The molecular formula is C26H24N4O2S2. The summed E-state index contributed by atoms with van der Waals surface area (Å²) in [6.07, 6.45) is 3.36. The fourth-order valence-corrected chi connectivity index (χ4v) is 5.81. The van der Waals surface area contributed by atoms with E-state index in [4.69, 9.17) is 4.98 Å². The minimum absolute atomic E-state index is 0.0125. The number of aryl methyl sites for hydroxylation is 3. The number of pyridine rings is 1. The van der Waals surface area contributed by atoms with Crippen molar-refractivity contribution < 1.29 is 0 Å². The molecule has 0 N–H and O–H groups in total. The Kier molecular flexibility index (Phi) is 6.34. The van der Waals surface area contributed by atoms with Crippen molar-refractivity contribution in [2.24, 2.45) is 0 Å². The number of nitrogens with zero attached hydrogens (tertiary/aromatic N) is 4. The van der Waals surface area contributed by atoms with Crippen LogP contribution in [0, 0.1) is 6.92 Å². The zero-order valence-corrected chi connectivity index (χ0v) is 20.7. The average molecular weight is 489 g/mol. The molecule has 0 spiro atoms. The van der Waals surface area contributed by atoms with Crippen LogP contribution in [0.2, 0.25) is 0 Å². The first kappa shape index (κ1) is 22.6. The van der Waals surface area contributed by atoms with Gasteiger partial charge < -0.3 is 0 Å². The molecule has 0 saturated carbocycles. The summed E-state index contributed by atoms with van der Waals surface area (Å²) >= 11 is 3.02. The molecule has 0 aliphatic heterocycles. The van der Waals surface area contributed by atoms with E-state index in [2.05, 4.69) is 24.0 Å². The SMILES string of the molecule is CCc1cc2c(=O)n(CCc3ccccc3)c(SCc3cc(=O)n4ccc(C)cc4n3)nc2s1. The summed E-state index contributed by atoms with van der Waals surface area (Å²) in [6, 6.07) is 17.4.